The van der Waals surface area contributed by atoms with Gasteiger partial charge in [0.15, 0.2) is 6.10 Å². The van der Waals surface area contributed by atoms with Gasteiger partial charge in [0.25, 0.3) is 5.91 Å². The minimum atomic E-state index is -3.33. The molecule has 0 bridgehead atoms. The van der Waals surface area contributed by atoms with Gasteiger partial charge in [-0.3, -0.25) is 9.10 Å². The lowest BCUT2D eigenvalue weighted by Gasteiger charge is -2.19. The zero-order valence-corrected chi connectivity index (χ0v) is 20.2. The number of aryl methyl sites for hydroxylation is 1. The van der Waals surface area contributed by atoms with Crippen molar-refractivity contribution in [3.8, 4) is 11.5 Å². The third-order valence-electron chi connectivity index (χ3n) is 5.00. The fourth-order valence-corrected chi connectivity index (χ4v) is 3.58. The van der Waals surface area contributed by atoms with E-state index in [1.165, 1.54) is 11.4 Å². The fraction of sp³-hybridized carbons (Fsp3) is 0.458. The third-order valence-corrected chi connectivity index (χ3v) is 6.20. The topological polar surface area (TPSA) is 84.9 Å². The van der Waals surface area contributed by atoms with Crippen LogP contribution >= 0.6 is 0 Å². The van der Waals surface area contributed by atoms with Gasteiger partial charge < -0.3 is 14.8 Å². The second kappa shape index (κ2) is 12.3. The SMILES string of the molecule is CCCOc1ccccc1CCCNC(=O)[C@@H](CC)Oc1ccc(N(C)S(C)(=O)=O)cc1. The van der Waals surface area contributed by atoms with Crippen LogP contribution in [0, 0.1) is 0 Å². The fourth-order valence-electron chi connectivity index (χ4n) is 3.08. The third kappa shape index (κ3) is 7.75. The first kappa shape index (κ1) is 25.5. The smallest absolute Gasteiger partial charge is 0.261 e. The maximum atomic E-state index is 12.6. The van der Waals surface area contributed by atoms with Crippen LogP contribution in [0.25, 0.3) is 0 Å². The largest absolute Gasteiger partial charge is 0.493 e. The first-order valence-corrected chi connectivity index (χ1v) is 12.8. The predicted octanol–water partition coefficient (Wildman–Crippen LogP) is 3.78. The number of ether oxygens (including phenoxy) is 2. The van der Waals surface area contributed by atoms with Crippen LogP contribution in [-0.2, 0) is 21.2 Å². The van der Waals surface area contributed by atoms with Gasteiger partial charge in [-0.15, -0.1) is 0 Å². The van der Waals surface area contributed by atoms with Crippen molar-refractivity contribution in [2.75, 3.05) is 30.8 Å². The number of anilines is 1. The summed E-state index contributed by atoms with van der Waals surface area (Å²) < 4.78 is 36.1. The van der Waals surface area contributed by atoms with Gasteiger partial charge in [-0.05, 0) is 61.6 Å². The maximum Gasteiger partial charge on any atom is 0.261 e. The molecule has 7 nitrogen and oxygen atoms in total. The molecule has 0 saturated carbocycles. The zero-order valence-electron chi connectivity index (χ0n) is 19.3. The zero-order chi connectivity index (χ0) is 23.6. The summed E-state index contributed by atoms with van der Waals surface area (Å²) in [5.74, 6) is 1.25. The molecular formula is C24H34N2O5S. The van der Waals surface area contributed by atoms with Gasteiger partial charge in [0.2, 0.25) is 10.0 Å². The highest BCUT2D eigenvalue weighted by Crippen LogP contribution is 2.22. The highest BCUT2D eigenvalue weighted by Gasteiger charge is 2.18. The molecule has 2 rings (SSSR count). The van der Waals surface area contributed by atoms with Crippen molar-refractivity contribution in [2.45, 2.75) is 45.6 Å². The molecule has 1 amide bonds. The van der Waals surface area contributed by atoms with Crippen LogP contribution in [0.3, 0.4) is 0 Å². The average Bonchev–Trinajstić information content (AvgIpc) is 2.78. The Morgan fingerprint density at radius 2 is 1.78 bits per heavy atom. The molecule has 2 aromatic rings. The molecule has 1 atom stereocenters. The molecule has 0 aliphatic heterocycles. The van der Waals surface area contributed by atoms with Gasteiger partial charge >= 0.3 is 0 Å². The summed E-state index contributed by atoms with van der Waals surface area (Å²) in [7, 11) is -1.84. The number of rotatable bonds is 13. The molecule has 0 spiro atoms. The Bertz CT molecular complexity index is 961. The highest BCUT2D eigenvalue weighted by atomic mass is 32.2. The number of para-hydroxylation sites is 1. The van der Waals surface area contributed by atoms with Gasteiger partial charge in [-0.25, -0.2) is 8.42 Å². The number of carbonyl (C=O) groups is 1. The predicted molar refractivity (Wildman–Crippen MR) is 128 cm³/mol. The summed E-state index contributed by atoms with van der Waals surface area (Å²) in [6.07, 6.45) is 3.61. The Morgan fingerprint density at radius 1 is 1.09 bits per heavy atom. The molecule has 0 heterocycles. The van der Waals surface area contributed by atoms with Crippen molar-refractivity contribution >= 4 is 21.6 Å². The minimum Gasteiger partial charge on any atom is -0.493 e. The average molecular weight is 463 g/mol. The number of hydrogen-bond donors (Lipinski definition) is 1. The van der Waals surface area contributed by atoms with E-state index in [4.69, 9.17) is 9.47 Å². The number of benzene rings is 2. The normalized spacial score (nSPS) is 12.1. The molecule has 176 valence electrons. The number of hydrogen-bond acceptors (Lipinski definition) is 5. The molecule has 0 aliphatic rings. The first-order valence-electron chi connectivity index (χ1n) is 10.9. The van der Waals surface area contributed by atoms with Gasteiger partial charge in [0, 0.05) is 13.6 Å². The standard InChI is InChI=1S/C24H34N2O5S/c1-5-18-30-23-12-8-7-10-19(23)11-9-17-25-24(27)22(6-2)31-21-15-13-20(14-16-21)26(3)32(4,28)29/h7-8,10,12-16,22H,5-6,9,11,17-18H2,1-4H3,(H,25,27)/t22-/m1/s1. The van der Waals surface area contributed by atoms with Crippen molar-refractivity contribution in [3.63, 3.8) is 0 Å². The van der Waals surface area contributed by atoms with E-state index in [9.17, 15) is 13.2 Å². The van der Waals surface area contributed by atoms with E-state index in [-0.39, 0.29) is 5.91 Å². The van der Waals surface area contributed by atoms with Crippen LogP contribution in [0.1, 0.15) is 38.7 Å². The summed E-state index contributed by atoms with van der Waals surface area (Å²) in [5.41, 5.74) is 1.66. The number of amides is 1. The Balaban J connectivity index is 1.85. The van der Waals surface area contributed by atoms with Crippen LogP contribution in [0.15, 0.2) is 48.5 Å². The van der Waals surface area contributed by atoms with Gasteiger partial charge in [0.05, 0.1) is 18.6 Å². The van der Waals surface area contributed by atoms with Crippen molar-refractivity contribution in [2.24, 2.45) is 0 Å². The van der Waals surface area contributed by atoms with Gasteiger partial charge in [0.1, 0.15) is 11.5 Å². The number of sulfonamides is 1. The molecule has 0 aromatic heterocycles. The lowest BCUT2D eigenvalue weighted by Crippen LogP contribution is -2.38. The van der Waals surface area contributed by atoms with E-state index in [1.54, 1.807) is 24.3 Å². The van der Waals surface area contributed by atoms with E-state index < -0.39 is 16.1 Å². The van der Waals surface area contributed by atoms with Crippen LogP contribution in [0.2, 0.25) is 0 Å². The van der Waals surface area contributed by atoms with E-state index in [2.05, 4.69) is 18.3 Å². The van der Waals surface area contributed by atoms with Crippen LogP contribution in [-0.4, -0.2) is 46.9 Å². The van der Waals surface area contributed by atoms with Crippen molar-refractivity contribution in [3.05, 3.63) is 54.1 Å². The lowest BCUT2D eigenvalue weighted by molar-refractivity contribution is -0.128. The van der Waals surface area contributed by atoms with Crippen molar-refractivity contribution in [1.29, 1.82) is 0 Å². The van der Waals surface area contributed by atoms with E-state index in [1.807, 2.05) is 25.1 Å². The van der Waals surface area contributed by atoms with Crippen LogP contribution in [0.5, 0.6) is 11.5 Å². The molecule has 0 radical (unpaired) electrons. The number of carbonyl (C=O) groups excluding carboxylic acids is 1. The summed E-state index contributed by atoms with van der Waals surface area (Å²) in [4.78, 5) is 12.6. The molecule has 8 heteroatoms. The monoisotopic (exact) mass is 462 g/mol. The van der Waals surface area contributed by atoms with E-state index in [0.29, 0.717) is 31.0 Å². The highest BCUT2D eigenvalue weighted by molar-refractivity contribution is 7.92. The van der Waals surface area contributed by atoms with Crippen molar-refractivity contribution in [1.82, 2.24) is 5.32 Å². The molecular weight excluding hydrogens is 428 g/mol. The Labute approximate surface area is 191 Å². The molecule has 0 unspecified atom stereocenters. The molecule has 2 aromatic carbocycles. The molecule has 1 N–H and O–H groups in total. The van der Waals surface area contributed by atoms with Crippen molar-refractivity contribution < 1.29 is 22.7 Å². The van der Waals surface area contributed by atoms with Gasteiger partial charge in [-0.1, -0.05) is 32.0 Å². The second-order valence-corrected chi connectivity index (χ2v) is 9.60. The summed E-state index contributed by atoms with van der Waals surface area (Å²) in [6, 6.07) is 14.6. The molecule has 0 aliphatic carbocycles. The number of nitrogens with one attached hydrogen (secondary N) is 1. The minimum absolute atomic E-state index is 0.166. The first-order chi connectivity index (χ1) is 15.3. The number of nitrogens with zero attached hydrogens (tertiary/aromatic N) is 1. The Hall–Kier alpha value is -2.74. The molecule has 32 heavy (non-hydrogen) atoms. The lowest BCUT2D eigenvalue weighted by atomic mass is 10.1. The Morgan fingerprint density at radius 3 is 2.41 bits per heavy atom. The summed E-state index contributed by atoms with van der Waals surface area (Å²) in [6.45, 7) is 5.19. The van der Waals surface area contributed by atoms with E-state index in [0.717, 1.165) is 36.8 Å². The van der Waals surface area contributed by atoms with Crippen LogP contribution in [0.4, 0.5) is 5.69 Å². The van der Waals surface area contributed by atoms with E-state index >= 15 is 0 Å². The maximum absolute atomic E-state index is 12.6. The quantitative estimate of drug-likeness (QED) is 0.458. The Kier molecular flexibility index (Phi) is 9.84. The molecule has 0 saturated heterocycles. The molecule has 0 fully saturated rings. The van der Waals surface area contributed by atoms with Crippen LogP contribution < -0.4 is 19.1 Å². The summed E-state index contributed by atoms with van der Waals surface area (Å²) in [5, 5.41) is 2.94. The van der Waals surface area contributed by atoms with Gasteiger partial charge in [-0.2, -0.15) is 0 Å². The summed E-state index contributed by atoms with van der Waals surface area (Å²) >= 11 is 0. The second-order valence-electron chi connectivity index (χ2n) is 7.59.